The van der Waals surface area contributed by atoms with Crippen molar-refractivity contribution in [2.24, 2.45) is 5.92 Å². The lowest BCUT2D eigenvalue weighted by Gasteiger charge is -2.09. The minimum atomic E-state index is 0.708. The molecule has 1 fully saturated rings. The summed E-state index contributed by atoms with van der Waals surface area (Å²) < 4.78 is 3.12. The van der Waals surface area contributed by atoms with Gasteiger partial charge in [-0.2, -0.15) is 0 Å². The third-order valence-electron chi connectivity index (χ3n) is 3.41. The Kier molecular flexibility index (Phi) is 2.88. The van der Waals surface area contributed by atoms with Gasteiger partial charge in [-0.1, -0.05) is 6.07 Å². The molecule has 2 aromatic heterocycles. The summed E-state index contributed by atoms with van der Waals surface area (Å²) in [5, 5.41) is 8.52. The van der Waals surface area contributed by atoms with Crippen LogP contribution in [0.1, 0.15) is 12.2 Å². The van der Waals surface area contributed by atoms with Crippen LogP contribution in [0.25, 0.3) is 5.65 Å². The highest BCUT2D eigenvalue weighted by molar-refractivity contribution is 9.10. The first-order valence-electron chi connectivity index (χ1n) is 5.91. The van der Waals surface area contributed by atoms with Crippen molar-refractivity contribution in [2.45, 2.75) is 12.8 Å². The molecule has 2 aromatic rings. The van der Waals surface area contributed by atoms with Crippen LogP contribution in [0, 0.1) is 5.92 Å². The molecule has 0 bridgehead atoms. The molecule has 0 amide bonds. The van der Waals surface area contributed by atoms with Crippen molar-refractivity contribution in [3.05, 3.63) is 28.6 Å². The summed E-state index contributed by atoms with van der Waals surface area (Å²) >= 11 is 3.56. The number of aromatic nitrogens is 3. The van der Waals surface area contributed by atoms with Gasteiger partial charge in [0, 0.05) is 13.0 Å². The SMILES string of the molecule is CN1CCC(Cc2nnc3cccc(Br)n23)C1. The predicted molar refractivity (Wildman–Crippen MR) is 70.0 cm³/mol. The predicted octanol–water partition coefficient (Wildman–Crippen LogP) is 1.99. The Morgan fingerprint density at radius 3 is 3.06 bits per heavy atom. The first-order chi connectivity index (χ1) is 8.24. The topological polar surface area (TPSA) is 33.4 Å². The molecule has 1 aliphatic rings. The lowest BCUT2D eigenvalue weighted by molar-refractivity contribution is 0.392. The van der Waals surface area contributed by atoms with E-state index in [4.69, 9.17) is 0 Å². The fraction of sp³-hybridized carbons (Fsp3) is 0.500. The van der Waals surface area contributed by atoms with Gasteiger partial charge in [0.25, 0.3) is 0 Å². The van der Waals surface area contributed by atoms with Crippen molar-refractivity contribution in [3.63, 3.8) is 0 Å². The molecule has 1 unspecified atom stereocenters. The van der Waals surface area contributed by atoms with E-state index in [-0.39, 0.29) is 0 Å². The van der Waals surface area contributed by atoms with E-state index in [0.717, 1.165) is 22.5 Å². The van der Waals surface area contributed by atoms with Crippen LogP contribution in [0.4, 0.5) is 0 Å². The Hall–Kier alpha value is -0.940. The summed E-state index contributed by atoms with van der Waals surface area (Å²) in [6, 6.07) is 6.00. The van der Waals surface area contributed by atoms with Crippen molar-refractivity contribution < 1.29 is 0 Å². The summed E-state index contributed by atoms with van der Waals surface area (Å²) in [7, 11) is 2.18. The molecule has 1 aliphatic heterocycles. The van der Waals surface area contributed by atoms with Gasteiger partial charge >= 0.3 is 0 Å². The van der Waals surface area contributed by atoms with Crippen molar-refractivity contribution in [1.82, 2.24) is 19.5 Å². The zero-order valence-corrected chi connectivity index (χ0v) is 11.4. The third-order valence-corrected chi connectivity index (χ3v) is 4.03. The molecule has 0 spiro atoms. The monoisotopic (exact) mass is 294 g/mol. The first-order valence-corrected chi connectivity index (χ1v) is 6.70. The largest absolute Gasteiger partial charge is 0.306 e. The summed E-state index contributed by atoms with van der Waals surface area (Å²) in [4.78, 5) is 2.38. The van der Waals surface area contributed by atoms with Crippen molar-refractivity contribution >= 4 is 21.6 Å². The van der Waals surface area contributed by atoms with Crippen LogP contribution >= 0.6 is 15.9 Å². The van der Waals surface area contributed by atoms with Crippen LogP contribution in [0.15, 0.2) is 22.8 Å². The van der Waals surface area contributed by atoms with Gasteiger partial charge in [-0.25, -0.2) is 0 Å². The number of fused-ring (bicyclic) bond motifs is 1. The fourth-order valence-electron chi connectivity index (χ4n) is 2.54. The van der Waals surface area contributed by atoms with Gasteiger partial charge < -0.3 is 4.90 Å². The average Bonchev–Trinajstić information content (AvgIpc) is 2.88. The van der Waals surface area contributed by atoms with E-state index in [1.807, 2.05) is 18.2 Å². The average molecular weight is 295 g/mol. The molecule has 5 heteroatoms. The zero-order valence-electron chi connectivity index (χ0n) is 9.80. The van der Waals surface area contributed by atoms with Gasteiger partial charge in [-0.05, 0) is 54.0 Å². The standard InChI is InChI=1S/C12H15BrN4/c1-16-6-5-9(8-16)7-12-15-14-11-4-2-3-10(13)17(11)12/h2-4,9H,5-8H2,1H3. The molecule has 3 rings (SSSR count). The molecule has 0 aliphatic carbocycles. The quantitative estimate of drug-likeness (QED) is 0.794. The number of hydrogen-bond donors (Lipinski definition) is 0. The van der Waals surface area contributed by atoms with E-state index in [9.17, 15) is 0 Å². The molecule has 4 nitrogen and oxygen atoms in total. The van der Waals surface area contributed by atoms with Gasteiger partial charge in [0.05, 0.1) is 4.60 Å². The highest BCUT2D eigenvalue weighted by Gasteiger charge is 2.22. The van der Waals surface area contributed by atoms with Gasteiger partial charge in [0.1, 0.15) is 5.82 Å². The second kappa shape index (κ2) is 4.38. The second-order valence-electron chi connectivity index (χ2n) is 4.78. The summed E-state index contributed by atoms with van der Waals surface area (Å²) in [5.74, 6) is 1.77. The summed E-state index contributed by atoms with van der Waals surface area (Å²) in [6.07, 6.45) is 2.27. The van der Waals surface area contributed by atoms with Gasteiger partial charge in [0.15, 0.2) is 5.65 Å². The molecule has 0 N–H and O–H groups in total. The minimum absolute atomic E-state index is 0.708. The molecule has 3 heterocycles. The number of hydrogen-bond acceptors (Lipinski definition) is 3. The minimum Gasteiger partial charge on any atom is -0.306 e. The summed E-state index contributed by atoms with van der Waals surface area (Å²) in [6.45, 7) is 2.36. The Balaban J connectivity index is 1.90. The second-order valence-corrected chi connectivity index (χ2v) is 5.59. The number of halogens is 1. The maximum absolute atomic E-state index is 4.31. The third kappa shape index (κ3) is 2.09. The van der Waals surface area contributed by atoms with Gasteiger partial charge in [-0.15, -0.1) is 10.2 Å². The van der Waals surface area contributed by atoms with E-state index in [1.165, 1.54) is 19.5 Å². The van der Waals surface area contributed by atoms with E-state index in [1.54, 1.807) is 0 Å². The molecule has 17 heavy (non-hydrogen) atoms. The number of nitrogens with zero attached hydrogens (tertiary/aromatic N) is 4. The van der Waals surface area contributed by atoms with E-state index >= 15 is 0 Å². The fourth-order valence-corrected chi connectivity index (χ4v) is 3.08. The Bertz CT molecular complexity index is 536. The van der Waals surface area contributed by atoms with Crippen LogP contribution in [0.5, 0.6) is 0 Å². The Morgan fingerprint density at radius 2 is 2.29 bits per heavy atom. The van der Waals surface area contributed by atoms with Gasteiger partial charge in [-0.3, -0.25) is 4.40 Å². The lowest BCUT2D eigenvalue weighted by atomic mass is 10.0. The molecular weight excluding hydrogens is 280 g/mol. The zero-order chi connectivity index (χ0) is 11.8. The van der Waals surface area contributed by atoms with E-state index in [0.29, 0.717) is 5.92 Å². The van der Waals surface area contributed by atoms with Crippen LogP contribution in [-0.4, -0.2) is 39.6 Å². The molecule has 0 radical (unpaired) electrons. The molecular formula is C12H15BrN4. The smallest absolute Gasteiger partial charge is 0.161 e. The lowest BCUT2D eigenvalue weighted by Crippen LogP contribution is -2.15. The van der Waals surface area contributed by atoms with Crippen molar-refractivity contribution in [1.29, 1.82) is 0 Å². The normalized spacial score (nSPS) is 21.4. The molecule has 0 saturated carbocycles. The maximum atomic E-state index is 4.31. The van der Waals surface area contributed by atoms with Crippen molar-refractivity contribution in [3.8, 4) is 0 Å². The molecule has 90 valence electrons. The van der Waals surface area contributed by atoms with E-state index < -0.39 is 0 Å². The van der Waals surface area contributed by atoms with E-state index in [2.05, 4.69) is 42.5 Å². The Labute approximate surface area is 109 Å². The van der Waals surface area contributed by atoms with Gasteiger partial charge in [0.2, 0.25) is 0 Å². The number of rotatable bonds is 2. The highest BCUT2D eigenvalue weighted by Crippen LogP contribution is 2.21. The van der Waals surface area contributed by atoms with Crippen LogP contribution in [0.3, 0.4) is 0 Å². The summed E-state index contributed by atoms with van der Waals surface area (Å²) in [5.41, 5.74) is 0.917. The number of pyridine rings is 1. The molecule has 1 saturated heterocycles. The van der Waals surface area contributed by atoms with Crippen molar-refractivity contribution in [2.75, 3.05) is 20.1 Å². The maximum Gasteiger partial charge on any atom is 0.161 e. The molecule has 0 aromatic carbocycles. The van der Waals surface area contributed by atoms with Crippen LogP contribution in [-0.2, 0) is 6.42 Å². The van der Waals surface area contributed by atoms with Crippen LogP contribution in [0.2, 0.25) is 0 Å². The Morgan fingerprint density at radius 1 is 1.41 bits per heavy atom. The number of likely N-dealkylation sites (tertiary alicyclic amines) is 1. The first kappa shape index (κ1) is 11.2. The highest BCUT2D eigenvalue weighted by atomic mass is 79.9. The molecule has 1 atom stereocenters. The van der Waals surface area contributed by atoms with Crippen LogP contribution < -0.4 is 0 Å².